The highest BCUT2D eigenvalue weighted by atomic mass is 35.5. The summed E-state index contributed by atoms with van der Waals surface area (Å²) in [4.78, 5) is 6.96. The number of rotatable bonds is 3. The summed E-state index contributed by atoms with van der Waals surface area (Å²) in [6.45, 7) is 5.35. The quantitative estimate of drug-likeness (QED) is 0.631. The van der Waals surface area contributed by atoms with Crippen LogP contribution in [-0.2, 0) is 0 Å². The first-order valence-corrected chi connectivity index (χ1v) is 9.69. The molecule has 1 aromatic carbocycles. The van der Waals surface area contributed by atoms with E-state index in [1.807, 2.05) is 24.4 Å². The van der Waals surface area contributed by atoms with Gasteiger partial charge in [0.15, 0.2) is 0 Å². The van der Waals surface area contributed by atoms with Gasteiger partial charge in [-0.05, 0) is 43.0 Å². The molecule has 2 heterocycles. The molecule has 0 aliphatic carbocycles. The third kappa shape index (κ3) is 3.90. The highest BCUT2D eigenvalue weighted by molar-refractivity contribution is 8.08. The van der Waals surface area contributed by atoms with E-state index in [9.17, 15) is 0 Å². The molecule has 3 rings (SSSR count). The molecule has 0 saturated heterocycles. The van der Waals surface area contributed by atoms with Gasteiger partial charge in [0.1, 0.15) is 0 Å². The Morgan fingerprint density at radius 1 is 1.17 bits per heavy atom. The predicted octanol–water partition coefficient (Wildman–Crippen LogP) is 6.85. The van der Waals surface area contributed by atoms with Gasteiger partial charge in [0.25, 0.3) is 0 Å². The fraction of sp³-hybridized carbons (Fsp3) is 0.316. The summed E-state index contributed by atoms with van der Waals surface area (Å²) in [7, 11) is 0. The molecule has 1 aliphatic heterocycles. The number of nitrogens with one attached hydrogen (secondary N) is 1. The van der Waals surface area contributed by atoms with Crippen molar-refractivity contribution in [1.82, 2.24) is 4.98 Å². The lowest BCUT2D eigenvalue weighted by molar-refractivity contribution is 0.815. The highest BCUT2D eigenvalue weighted by Crippen LogP contribution is 2.43. The normalized spacial score (nSPS) is 16.6. The predicted molar refractivity (Wildman–Crippen MR) is 106 cm³/mol. The maximum atomic E-state index is 6.18. The number of benzene rings is 1. The highest BCUT2D eigenvalue weighted by Gasteiger charge is 2.19. The maximum Gasteiger partial charge on any atom is 0.0603 e. The van der Waals surface area contributed by atoms with Crippen LogP contribution in [0.5, 0.6) is 0 Å². The first kappa shape index (κ1) is 17.7. The van der Waals surface area contributed by atoms with Gasteiger partial charge in [0.05, 0.1) is 15.7 Å². The van der Waals surface area contributed by atoms with Crippen molar-refractivity contribution < 1.29 is 0 Å². The van der Waals surface area contributed by atoms with Crippen molar-refractivity contribution in [1.29, 1.82) is 0 Å². The fourth-order valence-corrected chi connectivity index (χ4v) is 4.19. The Morgan fingerprint density at radius 2 is 2.00 bits per heavy atom. The first-order valence-electron chi connectivity index (χ1n) is 8.12. The Morgan fingerprint density at radius 3 is 2.75 bits per heavy atom. The Hall–Kier alpha value is -1.16. The van der Waals surface area contributed by atoms with Crippen LogP contribution in [-0.4, -0.2) is 11.5 Å². The number of hydrogen-bond donors (Lipinski definition) is 1. The second-order valence-electron chi connectivity index (χ2n) is 6.09. The van der Waals surface area contributed by atoms with Crippen LogP contribution >= 0.6 is 35.0 Å². The van der Waals surface area contributed by atoms with Gasteiger partial charge in [-0.1, -0.05) is 54.9 Å². The van der Waals surface area contributed by atoms with Gasteiger partial charge in [0, 0.05) is 33.8 Å². The van der Waals surface area contributed by atoms with Crippen molar-refractivity contribution in [2.75, 3.05) is 11.9 Å². The number of nitrogens with zero attached hydrogens (tertiary/aromatic N) is 1. The van der Waals surface area contributed by atoms with Gasteiger partial charge in [-0.2, -0.15) is 0 Å². The summed E-state index contributed by atoms with van der Waals surface area (Å²) in [5.74, 6) is 0.360. The average Bonchev–Trinajstić information content (AvgIpc) is 2.54. The van der Waals surface area contributed by atoms with Gasteiger partial charge in [-0.15, -0.1) is 0 Å². The molecule has 0 unspecified atom stereocenters. The summed E-state index contributed by atoms with van der Waals surface area (Å²) in [5.41, 5.74) is 3.50. The zero-order valence-electron chi connectivity index (χ0n) is 13.8. The molecule has 0 spiro atoms. The minimum atomic E-state index is 0.360. The number of allylic oxidation sites excluding steroid dienone is 1. The molecule has 0 atom stereocenters. The van der Waals surface area contributed by atoms with E-state index in [0.29, 0.717) is 16.0 Å². The number of hydrogen-bond acceptors (Lipinski definition) is 3. The number of anilines is 1. The molecule has 0 saturated carbocycles. The Kier molecular flexibility index (Phi) is 5.75. The second kappa shape index (κ2) is 7.81. The number of halogens is 2. The molecule has 1 aliphatic rings. The number of aromatic nitrogens is 1. The zero-order valence-corrected chi connectivity index (χ0v) is 16.1. The van der Waals surface area contributed by atoms with Crippen LogP contribution < -0.4 is 5.32 Å². The van der Waals surface area contributed by atoms with E-state index in [4.69, 9.17) is 23.2 Å². The van der Waals surface area contributed by atoms with Crippen molar-refractivity contribution >= 4 is 45.6 Å². The van der Waals surface area contributed by atoms with Crippen LogP contribution in [0.3, 0.4) is 0 Å². The molecule has 24 heavy (non-hydrogen) atoms. The molecule has 1 aromatic heterocycles. The average molecular weight is 379 g/mol. The molecule has 2 nitrogen and oxygen atoms in total. The van der Waals surface area contributed by atoms with E-state index in [2.05, 4.69) is 36.3 Å². The lowest BCUT2D eigenvalue weighted by Crippen LogP contribution is -2.09. The van der Waals surface area contributed by atoms with Crippen molar-refractivity contribution in [2.24, 2.45) is 0 Å². The summed E-state index contributed by atoms with van der Waals surface area (Å²) in [5, 5.41) is 4.72. The van der Waals surface area contributed by atoms with Gasteiger partial charge < -0.3 is 5.32 Å². The summed E-state index contributed by atoms with van der Waals surface area (Å²) >= 11 is 13.9. The number of pyridine rings is 1. The van der Waals surface area contributed by atoms with Crippen LogP contribution in [0.25, 0.3) is 4.91 Å². The summed E-state index contributed by atoms with van der Waals surface area (Å²) < 4.78 is 0. The maximum absolute atomic E-state index is 6.18. The summed E-state index contributed by atoms with van der Waals surface area (Å²) in [6.07, 6.45) is 6.37. The van der Waals surface area contributed by atoms with Crippen molar-refractivity contribution in [3.8, 4) is 0 Å². The first-order chi connectivity index (χ1) is 11.6. The Balaban J connectivity index is 2.05. The Bertz CT molecular complexity index is 772. The van der Waals surface area contributed by atoms with Crippen molar-refractivity contribution in [3.05, 3.63) is 57.8 Å². The van der Waals surface area contributed by atoms with Gasteiger partial charge in [-0.3, -0.25) is 4.98 Å². The monoisotopic (exact) mass is 378 g/mol. The Labute approximate surface area is 157 Å². The van der Waals surface area contributed by atoms with E-state index in [1.165, 1.54) is 10.5 Å². The molecule has 126 valence electrons. The van der Waals surface area contributed by atoms with Crippen molar-refractivity contribution in [3.63, 3.8) is 0 Å². The third-order valence-corrected chi connectivity index (χ3v) is 5.74. The van der Waals surface area contributed by atoms with E-state index < -0.39 is 0 Å². The van der Waals surface area contributed by atoms with Crippen LogP contribution in [0, 0.1) is 0 Å². The standard InChI is InChI=1S/C19H20Cl2N2S/c1-12(2)19-18-16(8-10-23-19)22-9-4-3-5-17(18)24-13-6-7-14(20)15(21)11-13/h5-8,10-12,22H,3-4,9H2,1-2H3/b17-5-. The van der Waals surface area contributed by atoms with Crippen LogP contribution in [0.1, 0.15) is 43.9 Å². The van der Waals surface area contributed by atoms with E-state index >= 15 is 0 Å². The van der Waals surface area contributed by atoms with Crippen LogP contribution in [0.4, 0.5) is 5.69 Å². The fourth-order valence-electron chi connectivity index (χ4n) is 2.74. The molecular weight excluding hydrogens is 359 g/mol. The topological polar surface area (TPSA) is 24.9 Å². The number of thioether (sulfide) groups is 1. The van der Waals surface area contributed by atoms with Gasteiger partial charge >= 0.3 is 0 Å². The molecule has 0 fully saturated rings. The molecule has 0 radical (unpaired) electrons. The minimum Gasteiger partial charge on any atom is -0.384 e. The minimum absolute atomic E-state index is 0.360. The van der Waals surface area contributed by atoms with E-state index in [1.54, 1.807) is 11.8 Å². The van der Waals surface area contributed by atoms with Crippen molar-refractivity contribution in [2.45, 2.75) is 37.5 Å². The largest absolute Gasteiger partial charge is 0.384 e. The summed E-state index contributed by atoms with van der Waals surface area (Å²) in [6, 6.07) is 7.85. The molecular formula is C19H20Cl2N2S. The van der Waals surface area contributed by atoms with Crippen LogP contribution in [0.15, 0.2) is 41.4 Å². The SMILES string of the molecule is CC(C)c1nccc2c1/C(Sc1ccc(Cl)c(Cl)c1)=C/CCCN2. The zero-order chi connectivity index (χ0) is 17.1. The van der Waals surface area contributed by atoms with Crippen LogP contribution in [0.2, 0.25) is 10.0 Å². The lowest BCUT2D eigenvalue weighted by Gasteiger charge is -2.21. The molecule has 0 amide bonds. The van der Waals surface area contributed by atoms with E-state index in [0.717, 1.165) is 35.7 Å². The van der Waals surface area contributed by atoms with E-state index in [-0.39, 0.29) is 0 Å². The second-order valence-corrected chi connectivity index (χ2v) is 8.02. The molecule has 0 bridgehead atoms. The van der Waals surface area contributed by atoms with Gasteiger partial charge in [-0.25, -0.2) is 0 Å². The smallest absolute Gasteiger partial charge is 0.0603 e. The lowest BCUT2D eigenvalue weighted by atomic mass is 10.00. The third-order valence-electron chi connectivity index (χ3n) is 3.92. The van der Waals surface area contributed by atoms with Gasteiger partial charge in [0.2, 0.25) is 0 Å². The molecule has 2 aromatic rings. The number of fused-ring (bicyclic) bond motifs is 1. The molecule has 1 N–H and O–H groups in total. The molecule has 5 heteroatoms.